The lowest BCUT2D eigenvalue weighted by Gasteiger charge is -2.21. The zero-order chi connectivity index (χ0) is 15.2. The van der Waals surface area contributed by atoms with E-state index in [0.717, 1.165) is 12.1 Å². The van der Waals surface area contributed by atoms with E-state index in [9.17, 15) is 4.39 Å². The van der Waals surface area contributed by atoms with Crippen molar-refractivity contribution in [2.75, 3.05) is 30.9 Å². The number of anilines is 2. The number of nitrogens with one attached hydrogen (secondary N) is 1. The lowest BCUT2D eigenvalue weighted by atomic mass is 10.2. The largest absolute Gasteiger partial charge is 0.490 e. The number of aromatic nitrogens is 2. The fourth-order valence-corrected chi connectivity index (χ4v) is 2.06. The quantitative estimate of drug-likeness (QED) is 0.886. The Morgan fingerprint density at radius 2 is 1.95 bits per heavy atom. The van der Waals surface area contributed by atoms with Crippen LogP contribution in [-0.2, 0) is 6.54 Å². The Morgan fingerprint density at radius 1 is 1.24 bits per heavy atom. The molecule has 0 amide bonds. The molecule has 2 rings (SSSR count). The predicted octanol–water partition coefficient (Wildman–Crippen LogP) is 2.69. The van der Waals surface area contributed by atoms with Crippen molar-refractivity contribution in [3.63, 3.8) is 0 Å². The van der Waals surface area contributed by atoms with Gasteiger partial charge in [-0.1, -0.05) is 12.1 Å². The standard InChI is InChI=1S/C15H19FN4O/c1-4-17-14-13(21-3)15(19-10-18-14)20(2)9-11-5-7-12(16)8-6-11/h5-8,10H,4,9H2,1-3H3,(H,17,18,19). The first-order valence-corrected chi connectivity index (χ1v) is 6.74. The molecule has 0 atom stereocenters. The van der Waals surface area contributed by atoms with E-state index in [1.54, 1.807) is 19.2 Å². The van der Waals surface area contributed by atoms with Crippen molar-refractivity contribution in [1.29, 1.82) is 0 Å². The number of ether oxygens (including phenoxy) is 1. The number of nitrogens with zero attached hydrogens (tertiary/aromatic N) is 3. The molecule has 5 nitrogen and oxygen atoms in total. The van der Waals surface area contributed by atoms with Crippen LogP contribution in [-0.4, -0.2) is 30.7 Å². The molecule has 0 saturated heterocycles. The summed E-state index contributed by atoms with van der Waals surface area (Å²) in [6.07, 6.45) is 1.50. The van der Waals surface area contributed by atoms with Crippen LogP contribution in [0.3, 0.4) is 0 Å². The predicted molar refractivity (Wildman–Crippen MR) is 81.3 cm³/mol. The van der Waals surface area contributed by atoms with Crippen LogP contribution in [0, 0.1) is 5.82 Å². The van der Waals surface area contributed by atoms with E-state index in [2.05, 4.69) is 15.3 Å². The van der Waals surface area contributed by atoms with Crippen LogP contribution in [0.15, 0.2) is 30.6 Å². The number of methoxy groups -OCH3 is 1. The fourth-order valence-electron chi connectivity index (χ4n) is 2.06. The molecule has 0 spiro atoms. The number of hydrogen-bond donors (Lipinski definition) is 1. The molecule has 0 aliphatic heterocycles. The minimum Gasteiger partial charge on any atom is -0.490 e. The summed E-state index contributed by atoms with van der Waals surface area (Å²) in [5.74, 6) is 1.71. The lowest BCUT2D eigenvalue weighted by molar-refractivity contribution is 0.412. The Morgan fingerprint density at radius 3 is 2.57 bits per heavy atom. The van der Waals surface area contributed by atoms with Gasteiger partial charge in [0.1, 0.15) is 12.1 Å². The van der Waals surface area contributed by atoms with Crippen LogP contribution in [0.2, 0.25) is 0 Å². The van der Waals surface area contributed by atoms with Crippen LogP contribution in [0.1, 0.15) is 12.5 Å². The molecular weight excluding hydrogens is 271 g/mol. The summed E-state index contributed by atoms with van der Waals surface area (Å²) in [7, 11) is 3.50. The van der Waals surface area contributed by atoms with Gasteiger partial charge in [-0.2, -0.15) is 0 Å². The van der Waals surface area contributed by atoms with Crippen molar-refractivity contribution in [3.05, 3.63) is 42.0 Å². The van der Waals surface area contributed by atoms with Crippen LogP contribution in [0.25, 0.3) is 0 Å². The summed E-state index contributed by atoms with van der Waals surface area (Å²) in [6.45, 7) is 3.33. The monoisotopic (exact) mass is 290 g/mol. The van der Waals surface area contributed by atoms with Gasteiger partial charge in [0.25, 0.3) is 0 Å². The normalized spacial score (nSPS) is 10.3. The number of benzene rings is 1. The summed E-state index contributed by atoms with van der Waals surface area (Å²) >= 11 is 0. The highest BCUT2D eigenvalue weighted by molar-refractivity contribution is 5.64. The Bertz CT molecular complexity index is 589. The summed E-state index contributed by atoms with van der Waals surface area (Å²) in [5, 5.41) is 3.14. The molecule has 6 heteroatoms. The van der Waals surface area contributed by atoms with Gasteiger partial charge in [0.05, 0.1) is 7.11 Å². The zero-order valence-electron chi connectivity index (χ0n) is 12.4. The summed E-state index contributed by atoms with van der Waals surface area (Å²) in [6, 6.07) is 6.41. The second kappa shape index (κ2) is 6.88. The summed E-state index contributed by atoms with van der Waals surface area (Å²) in [4.78, 5) is 10.4. The first-order chi connectivity index (χ1) is 10.2. The molecule has 0 fully saturated rings. The van der Waals surface area contributed by atoms with Crippen molar-refractivity contribution in [1.82, 2.24) is 9.97 Å². The fraction of sp³-hybridized carbons (Fsp3) is 0.333. The van der Waals surface area contributed by atoms with E-state index in [-0.39, 0.29) is 5.82 Å². The third kappa shape index (κ3) is 3.59. The molecule has 0 aliphatic rings. The van der Waals surface area contributed by atoms with Crippen molar-refractivity contribution in [3.8, 4) is 5.75 Å². The molecule has 0 aliphatic carbocycles. The van der Waals surface area contributed by atoms with Crippen LogP contribution < -0.4 is 15.0 Å². The maximum atomic E-state index is 12.9. The highest BCUT2D eigenvalue weighted by Crippen LogP contribution is 2.31. The molecule has 1 aromatic heterocycles. The third-order valence-corrected chi connectivity index (χ3v) is 3.03. The first kappa shape index (κ1) is 15.0. The maximum absolute atomic E-state index is 12.9. The van der Waals surface area contributed by atoms with E-state index in [0.29, 0.717) is 23.9 Å². The second-order valence-corrected chi connectivity index (χ2v) is 4.59. The Hall–Kier alpha value is -2.37. The van der Waals surface area contributed by atoms with Gasteiger partial charge in [0, 0.05) is 20.1 Å². The maximum Gasteiger partial charge on any atom is 0.204 e. The van der Waals surface area contributed by atoms with Crippen molar-refractivity contribution in [2.45, 2.75) is 13.5 Å². The Kier molecular flexibility index (Phi) is 4.92. The van der Waals surface area contributed by atoms with E-state index < -0.39 is 0 Å². The minimum atomic E-state index is -0.240. The Labute approximate surface area is 123 Å². The van der Waals surface area contributed by atoms with Crippen LogP contribution in [0.4, 0.5) is 16.0 Å². The van der Waals surface area contributed by atoms with Gasteiger partial charge < -0.3 is 15.0 Å². The molecule has 112 valence electrons. The highest BCUT2D eigenvalue weighted by Gasteiger charge is 2.15. The molecule has 2 aromatic rings. The van der Waals surface area contributed by atoms with Crippen LogP contribution >= 0.6 is 0 Å². The van der Waals surface area contributed by atoms with Gasteiger partial charge in [-0.05, 0) is 24.6 Å². The van der Waals surface area contributed by atoms with Gasteiger partial charge in [-0.3, -0.25) is 0 Å². The highest BCUT2D eigenvalue weighted by atomic mass is 19.1. The van der Waals surface area contributed by atoms with E-state index in [1.165, 1.54) is 18.5 Å². The summed E-state index contributed by atoms with van der Waals surface area (Å²) < 4.78 is 18.4. The Balaban J connectivity index is 2.23. The van der Waals surface area contributed by atoms with E-state index in [1.807, 2.05) is 18.9 Å². The van der Waals surface area contributed by atoms with Crippen LogP contribution in [0.5, 0.6) is 5.75 Å². The molecule has 0 saturated carbocycles. The van der Waals surface area contributed by atoms with E-state index in [4.69, 9.17) is 4.74 Å². The molecular formula is C15H19FN4O. The molecule has 0 radical (unpaired) electrons. The average Bonchev–Trinajstić information content (AvgIpc) is 2.49. The number of rotatable bonds is 6. The first-order valence-electron chi connectivity index (χ1n) is 6.74. The molecule has 21 heavy (non-hydrogen) atoms. The summed E-state index contributed by atoms with van der Waals surface area (Å²) in [5.41, 5.74) is 0.990. The van der Waals surface area contributed by atoms with Gasteiger partial charge >= 0.3 is 0 Å². The van der Waals surface area contributed by atoms with Gasteiger partial charge in [0.15, 0.2) is 11.6 Å². The lowest BCUT2D eigenvalue weighted by Crippen LogP contribution is -2.19. The molecule has 0 unspecified atom stereocenters. The molecule has 1 aromatic carbocycles. The minimum absolute atomic E-state index is 0.240. The molecule has 1 heterocycles. The van der Waals surface area contributed by atoms with Gasteiger partial charge in [-0.15, -0.1) is 0 Å². The van der Waals surface area contributed by atoms with E-state index >= 15 is 0 Å². The van der Waals surface area contributed by atoms with Gasteiger partial charge in [-0.25, -0.2) is 14.4 Å². The van der Waals surface area contributed by atoms with Crippen molar-refractivity contribution in [2.24, 2.45) is 0 Å². The third-order valence-electron chi connectivity index (χ3n) is 3.03. The van der Waals surface area contributed by atoms with Crippen molar-refractivity contribution >= 4 is 11.6 Å². The number of hydrogen-bond acceptors (Lipinski definition) is 5. The average molecular weight is 290 g/mol. The zero-order valence-corrected chi connectivity index (χ0v) is 12.4. The van der Waals surface area contributed by atoms with Gasteiger partial charge in [0.2, 0.25) is 5.75 Å². The molecule has 0 bridgehead atoms. The smallest absolute Gasteiger partial charge is 0.204 e. The molecule has 1 N–H and O–H groups in total. The second-order valence-electron chi connectivity index (χ2n) is 4.59. The topological polar surface area (TPSA) is 50.3 Å². The number of halogens is 1. The SMILES string of the molecule is CCNc1ncnc(N(C)Cc2ccc(F)cc2)c1OC. The van der Waals surface area contributed by atoms with Crippen molar-refractivity contribution < 1.29 is 9.13 Å².